The Labute approximate surface area is 114 Å². The van der Waals surface area contributed by atoms with Crippen LogP contribution in [0.4, 0.5) is 0 Å². The first-order valence-electron chi connectivity index (χ1n) is 6.89. The number of nitrogens with one attached hydrogen (secondary N) is 1. The van der Waals surface area contributed by atoms with Crippen LogP contribution in [0.1, 0.15) is 59.3 Å². The van der Waals surface area contributed by atoms with Gasteiger partial charge in [0.25, 0.3) is 0 Å². The summed E-state index contributed by atoms with van der Waals surface area (Å²) in [7, 11) is 0. The number of hydrogen-bond acceptors (Lipinski definition) is 1. The van der Waals surface area contributed by atoms with E-state index in [0.717, 1.165) is 25.8 Å². The molecule has 1 N–H and O–H groups in total. The predicted octanol–water partition coefficient (Wildman–Crippen LogP) is 3.88. The molecule has 1 fully saturated rings. The second-order valence-electron chi connectivity index (χ2n) is 5.92. The largest absolute Gasteiger partial charge is 0.355 e. The summed E-state index contributed by atoms with van der Waals surface area (Å²) in [4.78, 5) is 12.6. The smallest absolute Gasteiger partial charge is 0.223 e. The fourth-order valence-electron chi connectivity index (χ4n) is 2.73. The van der Waals surface area contributed by atoms with Gasteiger partial charge in [-0.3, -0.25) is 4.79 Å². The molecule has 0 aromatic heterocycles. The van der Waals surface area contributed by atoms with Crippen LogP contribution in [0.3, 0.4) is 0 Å². The van der Waals surface area contributed by atoms with E-state index in [-0.39, 0.29) is 17.2 Å². The third-order valence-electron chi connectivity index (χ3n) is 3.92. The minimum atomic E-state index is 0.175. The number of carbonyl (C=O) groups is 1. The highest BCUT2D eigenvalue weighted by molar-refractivity contribution is 9.09. The molecule has 0 saturated heterocycles. The molecular formula is C14H26BrNO. The Kier molecular flexibility index (Phi) is 5.98. The highest BCUT2D eigenvalue weighted by atomic mass is 79.9. The average molecular weight is 304 g/mol. The first-order chi connectivity index (χ1) is 7.97. The molecule has 1 amide bonds. The van der Waals surface area contributed by atoms with Crippen LogP contribution in [-0.2, 0) is 4.79 Å². The Morgan fingerprint density at radius 3 is 2.76 bits per heavy atom. The van der Waals surface area contributed by atoms with E-state index in [0.29, 0.717) is 4.83 Å². The standard InChI is InChI=1S/C14H26BrNO/c1-4-7-11(15)10-16-13(17)12-8-5-6-9-14(12,2)3/h11-12H,4-10H2,1-3H3,(H,16,17). The van der Waals surface area contributed by atoms with E-state index in [2.05, 4.69) is 42.0 Å². The second kappa shape index (κ2) is 6.77. The SMILES string of the molecule is CCCC(Br)CNC(=O)C1CCCCC1(C)C. The van der Waals surface area contributed by atoms with Gasteiger partial charge in [0.1, 0.15) is 0 Å². The van der Waals surface area contributed by atoms with Crippen molar-refractivity contribution in [3.8, 4) is 0 Å². The van der Waals surface area contributed by atoms with Gasteiger partial charge in [0.2, 0.25) is 5.91 Å². The zero-order chi connectivity index (χ0) is 12.9. The molecule has 0 aromatic rings. The lowest BCUT2D eigenvalue weighted by atomic mass is 9.68. The van der Waals surface area contributed by atoms with E-state index in [4.69, 9.17) is 0 Å². The quantitative estimate of drug-likeness (QED) is 0.767. The lowest BCUT2D eigenvalue weighted by Gasteiger charge is -2.37. The predicted molar refractivity (Wildman–Crippen MR) is 76.4 cm³/mol. The molecule has 2 nitrogen and oxygen atoms in total. The molecule has 1 aliphatic carbocycles. The van der Waals surface area contributed by atoms with E-state index in [1.807, 2.05) is 0 Å². The molecule has 0 bridgehead atoms. The van der Waals surface area contributed by atoms with E-state index in [9.17, 15) is 4.79 Å². The maximum absolute atomic E-state index is 12.2. The number of carbonyl (C=O) groups excluding carboxylic acids is 1. The summed E-state index contributed by atoms with van der Waals surface area (Å²) in [6.07, 6.45) is 6.98. The molecule has 100 valence electrons. The van der Waals surface area contributed by atoms with E-state index < -0.39 is 0 Å². The molecule has 17 heavy (non-hydrogen) atoms. The van der Waals surface area contributed by atoms with Gasteiger partial charge in [0.05, 0.1) is 0 Å². The Hall–Kier alpha value is -0.0500. The van der Waals surface area contributed by atoms with Gasteiger partial charge in [0, 0.05) is 17.3 Å². The summed E-state index contributed by atoms with van der Waals surface area (Å²) >= 11 is 3.60. The highest BCUT2D eigenvalue weighted by Gasteiger charge is 2.36. The lowest BCUT2D eigenvalue weighted by molar-refractivity contribution is -0.130. The summed E-state index contributed by atoms with van der Waals surface area (Å²) in [6, 6.07) is 0. The topological polar surface area (TPSA) is 29.1 Å². The molecule has 0 radical (unpaired) electrons. The molecule has 2 unspecified atom stereocenters. The summed E-state index contributed by atoms with van der Waals surface area (Å²) in [5.41, 5.74) is 0.175. The number of amides is 1. The fourth-order valence-corrected chi connectivity index (χ4v) is 3.35. The van der Waals surface area contributed by atoms with Crippen LogP contribution < -0.4 is 5.32 Å². The van der Waals surface area contributed by atoms with Crippen molar-refractivity contribution < 1.29 is 4.79 Å². The summed E-state index contributed by atoms with van der Waals surface area (Å²) in [6.45, 7) is 7.39. The second-order valence-corrected chi connectivity index (χ2v) is 7.21. The Balaban J connectivity index is 2.41. The first-order valence-corrected chi connectivity index (χ1v) is 7.80. The van der Waals surface area contributed by atoms with Crippen LogP contribution in [-0.4, -0.2) is 17.3 Å². The van der Waals surface area contributed by atoms with Crippen molar-refractivity contribution in [2.75, 3.05) is 6.54 Å². The van der Waals surface area contributed by atoms with E-state index >= 15 is 0 Å². The number of alkyl halides is 1. The van der Waals surface area contributed by atoms with Gasteiger partial charge in [-0.2, -0.15) is 0 Å². The molecule has 1 saturated carbocycles. The molecular weight excluding hydrogens is 278 g/mol. The molecule has 0 aromatic carbocycles. The van der Waals surface area contributed by atoms with Crippen molar-refractivity contribution in [1.82, 2.24) is 5.32 Å². The van der Waals surface area contributed by atoms with E-state index in [1.54, 1.807) is 0 Å². The van der Waals surface area contributed by atoms with Crippen molar-refractivity contribution in [2.45, 2.75) is 64.1 Å². The summed E-state index contributed by atoms with van der Waals surface area (Å²) in [5.74, 6) is 0.466. The minimum absolute atomic E-state index is 0.175. The van der Waals surface area contributed by atoms with Gasteiger partial charge in [-0.25, -0.2) is 0 Å². The van der Waals surface area contributed by atoms with Gasteiger partial charge in [-0.1, -0.05) is 56.0 Å². The van der Waals surface area contributed by atoms with Gasteiger partial charge in [0.15, 0.2) is 0 Å². The van der Waals surface area contributed by atoms with Gasteiger partial charge in [-0.15, -0.1) is 0 Å². The molecule has 1 aliphatic rings. The van der Waals surface area contributed by atoms with Crippen LogP contribution in [0.5, 0.6) is 0 Å². The van der Waals surface area contributed by atoms with Gasteiger partial charge in [-0.05, 0) is 24.7 Å². The summed E-state index contributed by atoms with van der Waals surface area (Å²) < 4.78 is 0. The zero-order valence-corrected chi connectivity index (χ0v) is 13.0. The van der Waals surface area contributed by atoms with Crippen molar-refractivity contribution in [3.05, 3.63) is 0 Å². The molecule has 0 spiro atoms. The van der Waals surface area contributed by atoms with Crippen molar-refractivity contribution in [3.63, 3.8) is 0 Å². The lowest BCUT2D eigenvalue weighted by Crippen LogP contribution is -2.42. The van der Waals surface area contributed by atoms with Crippen LogP contribution in [0.25, 0.3) is 0 Å². The monoisotopic (exact) mass is 303 g/mol. The Bertz CT molecular complexity index is 253. The molecule has 1 rings (SSSR count). The Morgan fingerprint density at radius 2 is 2.18 bits per heavy atom. The van der Waals surface area contributed by atoms with Crippen LogP contribution in [0.15, 0.2) is 0 Å². The maximum Gasteiger partial charge on any atom is 0.223 e. The van der Waals surface area contributed by atoms with Crippen LogP contribution in [0, 0.1) is 11.3 Å². The molecule has 0 aliphatic heterocycles. The van der Waals surface area contributed by atoms with Crippen molar-refractivity contribution in [1.29, 1.82) is 0 Å². The van der Waals surface area contributed by atoms with Crippen LogP contribution >= 0.6 is 15.9 Å². The van der Waals surface area contributed by atoms with Gasteiger partial charge < -0.3 is 5.32 Å². The number of hydrogen-bond donors (Lipinski definition) is 1. The summed E-state index contributed by atoms with van der Waals surface area (Å²) in [5, 5.41) is 3.11. The van der Waals surface area contributed by atoms with Crippen molar-refractivity contribution >= 4 is 21.8 Å². The first kappa shape index (κ1) is 15.0. The third-order valence-corrected chi connectivity index (χ3v) is 4.70. The van der Waals surface area contributed by atoms with E-state index in [1.165, 1.54) is 19.3 Å². The normalized spacial score (nSPS) is 25.3. The average Bonchev–Trinajstić information content (AvgIpc) is 2.26. The fraction of sp³-hybridized carbons (Fsp3) is 0.929. The Morgan fingerprint density at radius 1 is 1.47 bits per heavy atom. The molecule has 0 heterocycles. The molecule has 2 atom stereocenters. The van der Waals surface area contributed by atoms with Crippen molar-refractivity contribution in [2.24, 2.45) is 11.3 Å². The van der Waals surface area contributed by atoms with Crippen LogP contribution in [0.2, 0.25) is 0 Å². The third kappa shape index (κ3) is 4.61. The zero-order valence-electron chi connectivity index (χ0n) is 11.4. The maximum atomic E-state index is 12.2. The number of rotatable bonds is 5. The highest BCUT2D eigenvalue weighted by Crippen LogP contribution is 2.40. The number of halogens is 1. The van der Waals surface area contributed by atoms with Gasteiger partial charge >= 0.3 is 0 Å². The molecule has 3 heteroatoms. The minimum Gasteiger partial charge on any atom is -0.355 e.